The first-order valence-electron chi connectivity index (χ1n) is 6.92. The van der Waals surface area contributed by atoms with Gasteiger partial charge in [0.05, 0.1) is 22.6 Å². The van der Waals surface area contributed by atoms with Gasteiger partial charge in [0.15, 0.2) is 9.84 Å². The van der Waals surface area contributed by atoms with Crippen LogP contribution in [0.25, 0.3) is 0 Å². The number of hydrogen-bond donors (Lipinski definition) is 1. The van der Waals surface area contributed by atoms with Crippen molar-refractivity contribution < 1.29 is 13.2 Å². The summed E-state index contributed by atoms with van der Waals surface area (Å²) in [5, 5.41) is 11.6. The van der Waals surface area contributed by atoms with Crippen LogP contribution in [0.5, 0.6) is 0 Å². The van der Waals surface area contributed by atoms with Gasteiger partial charge in [0.1, 0.15) is 0 Å². The van der Waals surface area contributed by atoms with Crippen molar-refractivity contribution in [2.45, 2.75) is 17.9 Å². The summed E-state index contributed by atoms with van der Waals surface area (Å²) < 4.78 is 22.8. The monoisotopic (exact) mass is 328 g/mol. The summed E-state index contributed by atoms with van der Waals surface area (Å²) in [6, 6.07) is 14.6. The van der Waals surface area contributed by atoms with Gasteiger partial charge in [-0.05, 0) is 48.9 Å². The van der Waals surface area contributed by atoms with Crippen molar-refractivity contribution in [3.63, 3.8) is 0 Å². The second-order valence-electron chi connectivity index (χ2n) is 5.23. The molecule has 0 aliphatic heterocycles. The van der Waals surface area contributed by atoms with E-state index in [-0.39, 0.29) is 16.8 Å². The third-order valence-corrected chi connectivity index (χ3v) is 4.56. The van der Waals surface area contributed by atoms with Gasteiger partial charge in [-0.25, -0.2) is 8.42 Å². The van der Waals surface area contributed by atoms with Crippen LogP contribution < -0.4 is 5.32 Å². The summed E-state index contributed by atoms with van der Waals surface area (Å²) >= 11 is 0. The highest BCUT2D eigenvalue weighted by molar-refractivity contribution is 7.90. The van der Waals surface area contributed by atoms with Crippen molar-refractivity contribution in [1.82, 2.24) is 5.32 Å². The molecule has 1 unspecified atom stereocenters. The van der Waals surface area contributed by atoms with Crippen LogP contribution in [0, 0.1) is 11.3 Å². The molecule has 1 amide bonds. The van der Waals surface area contributed by atoms with Crippen LogP contribution in [0.1, 0.15) is 34.5 Å². The Morgan fingerprint density at radius 3 is 2.13 bits per heavy atom. The van der Waals surface area contributed by atoms with Gasteiger partial charge in [-0.2, -0.15) is 5.26 Å². The minimum absolute atomic E-state index is 0.175. The molecule has 0 radical (unpaired) electrons. The van der Waals surface area contributed by atoms with Crippen LogP contribution in [-0.2, 0) is 9.84 Å². The van der Waals surface area contributed by atoms with E-state index in [0.29, 0.717) is 11.1 Å². The Hall–Kier alpha value is -2.65. The van der Waals surface area contributed by atoms with Gasteiger partial charge in [-0.15, -0.1) is 0 Å². The Morgan fingerprint density at radius 1 is 1.09 bits per heavy atom. The standard InChI is InChI=1S/C17H16N2O3S/c1-12(14-5-3-13(11-18)4-6-14)19-17(20)15-7-9-16(10-8-15)23(2,21)22/h3-10,12H,1-2H3,(H,19,20). The molecule has 2 aromatic carbocycles. The van der Waals surface area contributed by atoms with Crippen LogP contribution in [0.15, 0.2) is 53.4 Å². The largest absolute Gasteiger partial charge is 0.346 e. The molecule has 0 bridgehead atoms. The van der Waals surface area contributed by atoms with Crippen molar-refractivity contribution in [2.24, 2.45) is 0 Å². The lowest BCUT2D eigenvalue weighted by atomic mass is 10.1. The van der Waals surface area contributed by atoms with Gasteiger partial charge in [0.25, 0.3) is 5.91 Å². The van der Waals surface area contributed by atoms with Crippen LogP contribution in [0.2, 0.25) is 0 Å². The Kier molecular flexibility index (Phi) is 4.82. The average molecular weight is 328 g/mol. The molecule has 2 rings (SSSR count). The molecule has 23 heavy (non-hydrogen) atoms. The molecule has 1 N–H and O–H groups in total. The number of nitriles is 1. The van der Waals surface area contributed by atoms with E-state index in [0.717, 1.165) is 11.8 Å². The zero-order valence-electron chi connectivity index (χ0n) is 12.8. The highest BCUT2D eigenvalue weighted by atomic mass is 32.2. The lowest BCUT2D eigenvalue weighted by Crippen LogP contribution is -2.26. The maximum Gasteiger partial charge on any atom is 0.251 e. The smallest absolute Gasteiger partial charge is 0.251 e. The molecule has 0 saturated carbocycles. The zero-order chi connectivity index (χ0) is 17.0. The maximum atomic E-state index is 12.2. The highest BCUT2D eigenvalue weighted by Gasteiger charge is 2.13. The first kappa shape index (κ1) is 16.7. The van der Waals surface area contributed by atoms with Crippen LogP contribution in [0.3, 0.4) is 0 Å². The molecular weight excluding hydrogens is 312 g/mol. The zero-order valence-corrected chi connectivity index (χ0v) is 13.6. The molecule has 1 atom stereocenters. The molecule has 0 saturated heterocycles. The number of carbonyl (C=O) groups excluding carboxylic acids is 1. The minimum Gasteiger partial charge on any atom is -0.346 e. The number of amides is 1. The fourth-order valence-electron chi connectivity index (χ4n) is 2.06. The van der Waals surface area contributed by atoms with Crippen molar-refractivity contribution in [2.75, 3.05) is 6.26 Å². The average Bonchev–Trinajstić information content (AvgIpc) is 2.54. The van der Waals surface area contributed by atoms with Gasteiger partial charge in [0, 0.05) is 11.8 Å². The van der Waals surface area contributed by atoms with E-state index in [1.165, 1.54) is 24.3 Å². The molecule has 0 spiro atoms. The van der Waals surface area contributed by atoms with Gasteiger partial charge >= 0.3 is 0 Å². The molecule has 0 aliphatic carbocycles. The van der Waals surface area contributed by atoms with Gasteiger partial charge in [-0.1, -0.05) is 12.1 Å². The van der Waals surface area contributed by atoms with Crippen molar-refractivity contribution in [3.05, 3.63) is 65.2 Å². The fraction of sp³-hybridized carbons (Fsp3) is 0.176. The van der Waals surface area contributed by atoms with Crippen LogP contribution in [-0.4, -0.2) is 20.6 Å². The Bertz CT molecular complexity index is 848. The molecule has 0 aliphatic rings. The summed E-state index contributed by atoms with van der Waals surface area (Å²) in [6.45, 7) is 1.84. The number of nitrogens with zero attached hydrogens (tertiary/aromatic N) is 1. The number of nitrogens with one attached hydrogen (secondary N) is 1. The summed E-state index contributed by atoms with van der Waals surface area (Å²) in [4.78, 5) is 12.4. The van der Waals surface area contributed by atoms with Crippen molar-refractivity contribution >= 4 is 15.7 Å². The predicted octanol–water partition coefficient (Wildman–Crippen LogP) is 2.45. The van der Waals surface area contributed by atoms with Crippen LogP contribution in [0.4, 0.5) is 0 Å². The molecule has 2 aromatic rings. The van der Waals surface area contributed by atoms with E-state index < -0.39 is 9.84 Å². The lowest BCUT2D eigenvalue weighted by molar-refractivity contribution is 0.0940. The quantitative estimate of drug-likeness (QED) is 0.934. The van der Waals surface area contributed by atoms with E-state index in [2.05, 4.69) is 5.32 Å². The van der Waals surface area contributed by atoms with E-state index in [9.17, 15) is 13.2 Å². The Morgan fingerprint density at radius 2 is 1.65 bits per heavy atom. The number of sulfone groups is 1. The second-order valence-corrected chi connectivity index (χ2v) is 7.24. The molecule has 0 aromatic heterocycles. The topological polar surface area (TPSA) is 87.0 Å². The first-order valence-corrected chi connectivity index (χ1v) is 8.81. The lowest BCUT2D eigenvalue weighted by Gasteiger charge is -2.14. The Labute approximate surface area is 135 Å². The van der Waals surface area contributed by atoms with Crippen molar-refractivity contribution in [1.29, 1.82) is 5.26 Å². The third-order valence-electron chi connectivity index (χ3n) is 3.43. The van der Waals surface area contributed by atoms with E-state index >= 15 is 0 Å². The molecule has 0 fully saturated rings. The highest BCUT2D eigenvalue weighted by Crippen LogP contribution is 2.15. The molecule has 6 heteroatoms. The molecule has 0 heterocycles. The summed E-state index contributed by atoms with van der Waals surface area (Å²) in [6.07, 6.45) is 1.12. The number of benzene rings is 2. The van der Waals surface area contributed by atoms with E-state index in [1.54, 1.807) is 24.3 Å². The molecular formula is C17H16N2O3S. The van der Waals surface area contributed by atoms with E-state index in [4.69, 9.17) is 5.26 Å². The third kappa shape index (κ3) is 4.18. The first-order chi connectivity index (χ1) is 10.8. The van der Waals surface area contributed by atoms with Gasteiger partial charge < -0.3 is 5.32 Å². The van der Waals surface area contributed by atoms with Gasteiger partial charge in [-0.3, -0.25) is 4.79 Å². The second kappa shape index (κ2) is 6.63. The van der Waals surface area contributed by atoms with Crippen molar-refractivity contribution in [3.8, 4) is 6.07 Å². The Balaban J connectivity index is 2.10. The fourth-order valence-corrected chi connectivity index (χ4v) is 2.69. The summed E-state index contributed by atoms with van der Waals surface area (Å²) in [5.74, 6) is -0.290. The number of rotatable bonds is 4. The summed E-state index contributed by atoms with van der Waals surface area (Å²) in [5.41, 5.74) is 1.83. The summed E-state index contributed by atoms with van der Waals surface area (Å²) in [7, 11) is -3.28. The number of hydrogen-bond acceptors (Lipinski definition) is 4. The minimum atomic E-state index is -3.28. The molecule has 5 nitrogen and oxygen atoms in total. The SMILES string of the molecule is CC(NC(=O)c1ccc(S(C)(=O)=O)cc1)c1ccc(C#N)cc1. The van der Waals surface area contributed by atoms with Gasteiger partial charge in [0.2, 0.25) is 0 Å². The normalized spacial score (nSPS) is 12.2. The number of carbonyl (C=O) groups is 1. The van der Waals surface area contributed by atoms with E-state index in [1.807, 2.05) is 13.0 Å². The van der Waals surface area contributed by atoms with Crippen LogP contribution >= 0.6 is 0 Å². The maximum absolute atomic E-state index is 12.2. The molecule has 118 valence electrons. The predicted molar refractivity (Wildman–Crippen MR) is 86.6 cm³/mol.